The second-order valence-electron chi connectivity index (χ2n) is 11.7. The number of phenolic OH excluding ortho intramolecular Hbond substituents is 1. The minimum atomic E-state index is -1.51. The Bertz CT molecular complexity index is 1760. The number of allylic oxidation sites excluding steroid dienone is 2. The zero-order valence-corrected chi connectivity index (χ0v) is 24.2. The fourth-order valence-corrected chi connectivity index (χ4v) is 7.94. The second kappa shape index (κ2) is 10.2. The number of ether oxygens (including phenoxy) is 1. The van der Waals surface area contributed by atoms with Crippen molar-refractivity contribution in [2.75, 3.05) is 12.5 Å². The summed E-state index contributed by atoms with van der Waals surface area (Å²) >= 11 is 6.28. The number of hydrogen-bond donors (Lipinski definition) is 3. The van der Waals surface area contributed by atoms with Crippen LogP contribution in [0.5, 0.6) is 11.5 Å². The van der Waals surface area contributed by atoms with Gasteiger partial charge in [-0.2, -0.15) is 5.01 Å². The lowest BCUT2D eigenvalue weighted by atomic mass is 9.49. The molecule has 0 bridgehead atoms. The van der Waals surface area contributed by atoms with Crippen LogP contribution in [0.15, 0.2) is 78.4 Å². The van der Waals surface area contributed by atoms with Gasteiger partial charge in [0.05, 0.1) is 36.0 Å². The molecule has 0 unspecified atom stereocenters. The maximum Gasteiger partial charge on any atom is 0.260 e. The van der Waals surface area contributed by atoms with E-state index < -0.39 is 58.5 Å². The van der Waals surface area contributed by atoms with Gasteiger partial charge in [-0.1, -0.05) is 41.4 Å². The number of imide groups is 2. The molecule has 3 aromatic carbocycles. The first-order chi connectivity index (χ1) is 21.1. The summed E-state index contributed by atoms with van der Waals surface area (Å²) in [7, 11) is 1.41. The van der Waals surface area contributed by atoms with Crippen LogP contribution in [0.4, 0.5) is 10.1 Å². The van der Waals surface area contributed by atoms with E-state index in [9.17, 15) is 28.7 Å². The number of hydrogen-bond acceptors (Lipinski definition) is 7. The quantitative estimate of drug-likeness (QED) is 0.286. The van der Waals surface area contributed by atoms with E-state index in [4.69, 9.17) is 16.3 Å². The number of aromatic hydroxyl groups is 1. The monoisotopic (exact) mass is 615 g/mol. The van der Waals surface area contributed by atoms with Crippen LogP contribution in [0.1, 0.15) is 29.9 Å². The molecule has 4 amide bonds. The van der Waals surface area contributed by atoms with Gasteiger partial charge in [-0.15, -0.1) is 0 Å². The lowest BCUT2D eigenvalue weighted by Crippen LogP contribution is -2.53. The highest BCUT2D eigenvalue weighted by Gasteiger charge is 2.70. The summed E-state index contributed by atoms with van der Waals surface area (Å²) in [5.41, 5.74) is 3.62. The molecule has 0 aromatic heterocycles. The molecule has 4 aliphatic rings. The Morgan fingerprint density at radius 1 is 1.00 bits per heavy atom. The molecule has 1 saturated carbocycles. The topological polar surface area (TPSA) is 125 Å². The number of benzene rings is 3. The highest BCUT2D eigenvalue weighted by atomic mass is 35.5. The van der Waals surface area contributed by atoms with Crippen molar-refractivity contribution in [1.82, 2.24) is 10.3 Å². The minimum absolute atomic E-state index is 0.104. The number of fused-ring (bicyclic) bond motifs is 4. The summed E-state index contributed by atoms with van der Waals surface area (Å²) in [4.78, 5) is 55.3. The summed E-state index contributed by atoms with van der Waals surface area (Å²) in [6.45, 7) is 0. The summed E-state index contributed by atoms with van der Waals surface area (Å²) in [5, 5.41) is 14.3. The molecule has 0 radical (unpaired) electrons. The molecular formula is C33H27ClFN3O6. The van der Waals surface area contributed by atoms with Crippen LogP contribution in [0.2, 0.25) is 5.02 Å². The molecule has 7 rings (SSSR count). The third-order valence-corrected chi connectivity index (χ3v) is 9.89. The van der Waals surface area contributed by atoms with Gasteiger partial charge in [0.1, 0.15) is 5.82 Å². The average molecular weight is 616 g/mol. The Kier molecular flexibility index (Phi) is 6.51. The maximum absolute atomic E-state index is 14.9. The first-order valence-electron chi connectivity index (χ1n) is 14.2. The Labute approximate surface area is 256 Å². The zero-order valence-electron chi connectivity index (χ0n) is 23.4. The van der Waals surface area contributed by atoms with Crippen LogP contribution in [-0.2, 0) is 24.6 Å². The molecule has 2 aliphatic carbocycles. The van der Waals surface area contributed by atoms with Crippen molar-refractivity contribution in [3.8, 4) is 11.5 Å². The van der Waals surface area contributed by atoms with Crippen molar-refractivity contribution in [2.24, 2.45) is 23.7 Å². The van der Waals surface area contributed by atoms with Crippen LogP contribution >= 0.6 is 11.6 Å². The van der Waals surface area contributed by atoms with Gasteiger partial charge in [0.15, 0.2) is 11.5 Å². The van der Waals surface area contributed by atoms with Crippen molar-refractivity contribution in [3.05, 3.63) is 100 Å². The zero-order chi connectivity index (χ0) is 30.9. The van der Waals surface area contributed by atoms with Gasteiger partial charge in [0.2, 0.25) is 11.8 Å². The number of nitrogens with zero attached hydrogens (tertiary/aromatic N) is 1. The van der Waals surface area contributed by atoms with Crippen LogP contribution in [-0.4, -0.2) is 40.9 Å². The van der Waals surface area contributed by atoms with Crippen molar-refractivity contribution in [3.63, 3.8) is 0 Å². The van der Waals surface area contributed by atoms with E-state index in [2.05, 4.69) is 10.7 Å². The summed E-state index contributed by atoms with van der Waals surface area (Å²) in [6, 6.07) is 16.8. The number of rotatable bonds is 5. The first kappa shape index (κ1) is 28.1. The molecule has 224 valence electrons. The van der Waals surface area contributed by atoms with Gasteiger partial charge in [-0.3, -0.25) is 29.9 Å². The SMILES string of the molecule is COc1cc([C@H]2C3=CC[C@@H]4C(=O)NC(=O)[C@@H]4[C@@H]3C[C@H]3C(=O)N(Nc4ccc(F)cc4)C(=O)[C@@]23c2ccc(Cl)cc2)ccc1O. The van der Waals surface area contributed by atoms with Crippen LogP contribution in [0.25, 0.3) is 0 Å². The predicted octanol–water partition coefficient (Wildman–Crippen LogP) is 4.47. The Balaban J connectivity index is 1.48. The molecule has 11 heteroatoms. The molecule has 2 saturated heterocycles. The Morgan fingerprint density at radius 2 is 1.73 bits per heavy atom. The molecule has 9 nitrogen and oxygen atoms in total. The van der Waals surface area contributed by atoms with Crippen LogP contribution < -0.4 is 15.5 Å². The molecular weight excluding hydrogens is 589 g/mol. The molecule has 0 spiro atoms. The highest BCUT2D eigenvalue weighted by Crippen LogP contribution is 2.64. The van der Waals surface area contributed by atoms with E-state index in [0.717, 1.165) is 10.6 Å². The van der Waals surface area contributed by atoms with Crippen molar-refractivity contribution >= 4 is 40.9 Å². The molecule has 44 heavy (non-hydrogen) atoms. The molecule has 2 aliphatic heterocycles. The van der Waals surface area contributed by atoms with Gasteiger partial charge in [0.25, 0.3) is 11.8 Å². The maximum atomic E-state index is 14.9. The summed E-state index contributed by atoms with van der Waals surface area (Å²) in [5.74, 6) is -5.74. The van der Waals surface area contributed by atoms with Crippen LogP contribution in [0, 0.1) is 29.5 Å². The normalized spacial score (nSPS) is 29.0. The predicted molar refractivity (Wildman–Crippen MR) is 157 cm³/mol. The van der Waals surface area contributed by atoms with Crippen molar-refractivity contribution in [2.45, 2.75) is 24.2 Å². The number of methoxy groups -OCH3 is 1. The largest absolute Gasteiger partial charge is 0.504 e. The van der Waals surface area contributed by atoms with E-state index in [1.807, 2.05) is 6.08 Å². The third kappa shape index (κ3) is 3.97. The standard InChI is InChI=1S/C33H27ClFN3O6/c1-44-26-14-16(2-13-25(26)39)28-21-11-12-22-27(30(41)36-29(22)40)23(21)15-24-31(42)38(37-20-9-7-19(35)8-10-20)32(43)33(24,28)17-3-5-18(34)6-4-17/h2-11,13-14,22-24,27-28,37,39H,12,15H2,1H3,(H,36,40,41)/t22-,23+,24-,27-,28-,33+/m0/s1. The second-order valence-corrected chi connectivity index (χ2v) is 12.1. The summed E-state index contributed by atoms with van der Waals surface area (Å²) in [6.07, 6.45) is 2.35. The number of carbonyl (C=O) groups is 4. The van der Waals surface area contributed by atoms with E-state index in [0.29, 0.717) is 28.3 Å². The van der Waals surface area contributed by atoms with Gasteiger partial charge < -0.3 is 9.84 Å². The number of hydrazine groups is 1. The molecule has 3 fully saturated rings. The fourth-order valence-electron chi connectivity index (χ4n) is 7.81. The Hall–Kier alpha value is -4.70. The van der Waals surface area contributed by atoms with Crippen molar-refractivity contribution < 1.29 is 33.4 Å². The van der Waals surface area contributed by atoms with Crippen LogP contribution in [0.3, 0.4) is 0 Å². The lowest BCUT2D eigenvalue weighted by Gasteiger charge is -2.50. The number of anilines is 1. The number of nitrogens with one attached hydrogen (secondary N) is 2. The van der Waals surface area contributed by atoms with E-state index in [1.54, 1.807) is 36.4 Å². The van der Waals surface area contributed by atoms with E-state index in [1.165, 1.54) is 37.4 Å². The molecule has 3 aromatic rings. The number of carbonyl (C=O) groups excluding carboxylic acids is 4. The molecule has 2 heterocycles. The van der Waals surface area contributed by atoms with Gasteiger partial charge in [-0.05, 0) is 78.4 Å². The molecule has 3 N–H and O–H groups in total. The highest BCUT2D eigenvalue weighted by molar-refractivity contribution is 6.30. The van der Waals surface area contributed by atoms with Gasteiger partial charge in [-0.25, -0.2) is 4.39 Å². The van der Waals surface area contributed by atoms with Gasteiger partial charge >= 0.3 is 0 Å². The third-order valence-electron chi connectivity index (χ3n) is 9.64. The number of amides is 4. The fraction of sp³-hybridized carbons (Fsp3) is 0.273. The summed E-state index contributed by atoms with van der Waals surface area (Å²) < 4.78 is 19.1. The lowest BCUT2D eigenvalue weighted by molar-refractivity contribution is -0.138. The Morgan fingerprint density at radius 3 is 2.43 bits per heavy atom. The smallest absolute Gasteiger partial charge is 0.260 e. The first-order valence-corrected chi connectivity index (χ1v) is 14.6. The number of halogens is 2. The number of phenols is 1. The van der Waals surface area contributed by atoms with E-state index >= 15 is 0 Å². The van der Waals surface area contributed by atoms with E-state index in [-0.39, 0.29) is 23.8 Å². The average Bonchev–Trinajstić information content (AvgIpc) is 3.43. The minimum Gasteiger partial charge on any atom is -0.504 e. The van der Waals surface area contributed by atoms with Gasteiger partial charge in [0, 0.05) is 10.9 Å². The molecule has 6 atom stereocenters. The van der Waals surface area contributed by atoms with Crippen molar-refractivity contribution in [1.29, 1.82) is 0 Å².